The van der Waals surface area contributed by atoms with E-state index in [2.05, 4.69) is 4.74 Å². The van der Waals surface area contributed by atoms with E-state index in [9.17, 15) is 9.59 Å². The number of hydrogen-bond acceptors (Lipinski definition) is 3. The minimum absolute atomic E-state index is 0.262. The molecule has 10 heavy (non-hydrogen) atoms. The Hall–Kier alpha value is -0.860. The summed E-state index contributed by atoms with van der Waals surface area (Å²) < 4.78 is 4.31. The third-order valence-corrected chi connectivity index (χ3v) is 0.563. The fraction of sp³-hybridized carbons (Fsp3) is 0.714. The Balaban J connectivity index is 0. The van der Waals surface area contributed by atoms with Crippen molar-refractivity contribution in [2.75, 3.05) is 6.61 Å². The van der Waals surface area contributed by atoms with Crippen LogP contribution in [0.15, 0.2) is 0 Å². The van der Waals surface area contributed by atoms with Gasteiger partial charge >= 0.3 is 5.97 Å². The maximum atomic E-state index is 10.2. The summed E-state index contributed by atoms with van der Waals surface area (Å²) in [5.41, 5.74) is 0. The summed E-state index contributed by atoms with van der Waals surface area (Å²) >= 11 is 0. The highest BCUT2D eigenvalue weighted by Gasteiger charge is 2.05. The Kier molecular flexibility index (Phi) is 9.67. The van der Waals surface area contributed by atoms with E-state index in [1.165, 1.54) is 6.92 Å². The number of Topliss-reactive ketones (excluding diaryl/α,β-unsaturated/α-hetero) is 1. The molecule has 0 aromatic heterocycles. The molecule has 0 amide bonds. The Labute approximate surface area is 61.4 Å². The highest BCUT2D eigenvalue weighted by Crippen LogP contribution is 1.77. The maximum absolute atomic E-state index is 10.2. The van der Waals surface area contributed by atoms with Crippen LogP contribution in [0, 0.1) is 0 Å². The molecule has 0 unspecified atom stereocenters. The van der Waals surface area contributed by atoms with Crippen LogP contribution in [-0.2, 0) is 14.3 Å². The molecule has 0 aromatic carbocycles. The van der Waals surface area contributed by atoms with Gasteiger partial charge in [0, 0.05) is 6.92 Å². The van der Waals surface area contributed by atoms with Gasteiger partial charge in [0.25, 0.3) is 0 Å². The number of ether oxygens (including phenoxy) is 1. The Morgan fingerprint density at radius 1 is 1.30 bits per heavy atom. The van der Waals surface area contributed by atoms with Crippen LogP contribution >= 0.6 is 0 Å². The summed E-state index contributed by atoms with van der Waals surface area (Å²) in [6.07, 6.45) is 0. The molecule has 0 aliphatic rings. The first-order chi connectivity index (χ1) is 4.68. The average molecular weight is 146 g/mol. The number of ketones is 1. The molecule has 0 rings (SSSR count). The van der Waals surface area contributed by atoms with E-state index in [0.29, 0.717) is 0 Å². The molecule has 0 aliphatic heterocycles. The third-order valence-electron chi connectivity index (χ3n) is 0.563. The summed E-state index contributed by atoms with van der Waals surface area (Å²) in [6, 6.07) is 0. The number of esters is 1. The summed E-state index contributed by atoms with van der Waals surface area (Å²) in [4.78, 5) is 20.2. The van der Waals surface area contributed by atoms with Crippen LogP contribution in [0.5, 0.6) is 0 Å². The predicted molar refractivity (Wildman–Crippen MR) is 38.7 cm³/mol. The first-order valence-electron chi connectivity index (χ1n) is 3.36. The lowest BCUT2D eigenvalue weighted by molar-refractivity contribution is -0.152. The fourth-order valence-corrected chi connectivity index (χ4v) is 0.233. The normalized spacial score (nSPS) is 7.20. The van der Waals surface area contributed by atoms with Crippen LogP contribution in [-0.4, -0.2) is 18.4 Å². The van der Waals surface area contributed by atoms with E-state index in [0.717, 1.165) is 0 Å². The molecule has 3 nitrogen and oxygen atoms in total. The summed E-state index contributed by atoms with van der Waals surface area (Å²) in [5, 5.41) is 0. The lowest BCUT2D eigenvalue weighted by atomic mass is 10.5. The smallest absolute Gasteiger partial charge is 0.374 e. The highest BCUT2D eigenvalue weighted by atomic mass is 16.5. The molecule has 0 atom stereocenters. The van der Waals surface area contributed by atoms with Gasteiger partial charge in [-0.2, -0.15) is 0 Å². The highest BCUT2D eigenvalue weighted by molar-refractivity contribution is 6.32. The number of carbonyl (C=O) groups excluding carboxylic acids is 2. The third kappa shape index (κ3) is 7.14. The molecule has 60 valence electrons. The topological polar surface area (TPSA) is 43.4 Å². The average Bonchev–Trinajstić information content (AvgIpc) is 1.93. The first-order valence-corrected chi connectivity index (χ1v) is 3.36. The van der Waals surface area contributed by atoms with Gasteiger partial charge < -0.3 is 4.74 Å². The predicted octanol–water partition coefficient (Wildman–Crippen LogP) is 1.16. The van der Waals surface area contributed by atoms with E-state index >= 15 is 0 Å². The number of carbonyl (C=O) groups is 2. The van der Waals surface area contributed by atoms with Crippen molar-refractivity contribution in [2.45, 2.75) is 27.7 Å². The van der Waals surface area contributed by atoms with Gasteiger partial charge in [-0.05, 0) is 6.92 Å². The van der Waals surface area contributed by atoms with Crippen molar-refractivity contribution in [3.05, 3.63) is 0 Å². The molecular weight excluding hydrogens is 132 g/mol. The molecule has 0 saturated heterocycles. The zero-order valence-corrected chi connectivity index (χ0v) is 6.93. The van der Waals surface area contributed by atoms with Crippen LogP contribution in [0.3, 0.4) is 0 Å². The van der Waals surface area contributed by atoms with Gasteiger partial charge in [-0.3, -0.25) is 4.79 Å². The van der Waals surface area contributed by atoms with E-state index in [4.69, 9.17) is 0 Å². The second-order valence-electron chi connectivity index (χ2n) is 1.28. The van der Waals surface area contributed by atoms with Gasteiger partial charge in [-0.15, -0.1) is 0 Å². The molecule has 0 aliphatic carbocycles. The molecule has 0 N–H and O–H groups in total. The monoisotopic (exact) mass is 146 g/mol. The van der Waals surface area contributed by atoms with Gasteiger partial charge in [0.05, 0.1) is 6.61 Å². The molecule has 0 spiro atoms. The fourth-order valence-electron chi connectivity index (χ4n) is 0.233. The zero-order valence-electron chi connectivity index (χ0n) is 6.93. The van der Waals surface area contributed by atoms with Crippen LogP contribution in [0.4, 0.5) is 0 Å². The summed E-state index contributed by atoms with van der Waals surface area (Å²) in [5.74, 6) is -1.31. The zero-order chi connectivity index (χ0) is 8.57. The first kappa shape index (κ1) is 11.9. The summed E-state index contributed by atoms with van der Waals surface area (Å²) in [6.45, 7) is 7.09. The second kappa shape index (κ2) is 8.14. The van der Waals surface area contributed by atoms with Gasteiger partial charge in [0.1, 0.15) is 0 Å². The van der Waals surface area contributed by atoms with Crippen molar-refractivity contribution in [1.29, 1.82) is 0 Å². The van der Waals surface area contributed by atoms with Gasteiger partial charge in [-0.25, -0.2) is 4.79 Å². The molecule has 0 saturated carbocycles. The van der Waals surface area contributed by atoms with Crippen LogP contribution < -0.4 is 0 Å². The van der Waals surface area contributed by atoms with E-state index in [-0.39, 0.29) is 6.61 Å². The van der Waals surface area contributed by atoms with Crippen molar-refractivity contribution in [3.63, 3.8) is 0 Å². The standard InChI is InChI=1S/C5H8O3.C2H6/c1-3-8-5(7)4(2)6;1-2/h3H2,1-2H3;1-2H3. The van der Waals surface area contributed by atoms with E-state index in [1.54, 1.807) is 6.92 Å². The Bertz CT molecular complexity index is 107. The largest absolute Gasteiger partial charge is 0.460 e. The molecule has 0 aromatic rings. The molecule has 3 heteroatoms. The quantitative estimate of drug-likeness (QED) is 0.433. The number of hydrogen-bond donors (Lipinski definition) is 0. The molecular formula is C7H14O3. The molecule has 0 fully saturated rings. The maximum Gasteiger partial charge on any atom is 0.374 e. The van der Waals surface area contributed by atoms with Crippen molar-refractivity contribution < 1.29 is 14.3 Å². The van der Waals surface area contributed by atoms with Crippen LogP contribution in [0.1, 0.15) is 27.7 Å². The Morgan fingerprint density at radius 2 is 1.70 bits per heavy atom. The van der Waals surface area contributed by atoms with Crippen LogP contribution in [0.2, 0.25) is 0 Å². The van der Waals surface area contributed by atoms with Gasteiger partial charge in [0.2, 0.25) is 5.78 Å². The van der Waals surface area contributed by atoms with E-state index < -0.39 is 11.8 Å². The molecule has 0 radical (unpaired) electrons. The molecule has 0 heterocycles. The second-order valence-corrected chi connectivity index (χ2v) is 1.28. The van der Waals surface area contributed by atoms with Gasteiger partial charge in [0.15, 0.2) is 0 Å². The lowest BCUT2D eigenvalue weighted by Crippen LogP contribution is -2.12. The number of rotatable bonds is 2. The van der Waals surface area contributed by atoms with Crippen molar-refractivity contribution in [1.82, 2.24) is 0 Å². The minimum atomic E-state index is -0.757. The SMILES string of the molecule is CC.CCOC(=O)C(C)=O. The van der Waals surface area contributed by atoms with Crippen molar-refractivity contribution >= 4 is 11.8 Å². The van der Waals surface area contributed by atoms with Crippen LogP contribution in [0.25, 0.3) is 0 Å². The van der Waals surface area contributed by atoms with Crippen molar-refractivity contribution in [3.8, 4) is 0 Å². The lowest BCUT2D eigenvalue weighted by Gasteiger charge is -1.93. The molecule has 0 bridgehead atoms. The minimum Gasteiger partial charge on any atom is -0.460 e. The van der Waals surface area contributed by atoms with Crippen molar-refractivity contribution in [2.24, 2.45) is 0 Å². The van der Waals surface area contributed by atoms with E-state index in [1.807, 2.05) is 13.8 Å². The Morgan fingerprint density at radius 3 is 1.80 bits per heavy atom. The summed E-state index contributed by atoms with van der Waals surface area (Å²) in [7, 11) is 0. The van der Waals surface area contributed by atoms with Gasteiger partial charge in [-0.1, -0.05) is 13.8 Å².